The van der Waals surface area contributed by atoms with Crippen molar-refractivity contribution in [1.82, 2.24) is 9.80 Å². The highest BCUT2D eigenvalue weighted by atomic mass is 16.5. The minimum atomic E-state index is 0.0508. The Morgan fingerprint density at radius 1 is 1.12 bits per heavy atom. The van der Waals surface area contributed by atoms with Gasteiger partial charge in [0.25, 0.3) is 0 Å². The van der Waals surface area contributed by atoms with Crippen molar-refractivity contribution in [3.63, 3.8) is 0 Å². The Balaban J connectivity index is 1.36. The van der Waals surface area contributed by atoms with Crippen LogP contribution in [0, 0.1) is 0 Å². The fourth-order valence-electron chi connectivity index (χ4n) is 3.87. The minimum Gasteiger partial charge on any atom is -0.381 e. The second-order valence-electron chi connectivity index (χ2n) is 7.25. The van der Waals surface area contributed by atoms with Crippen molar-refractivity contribution in [3.8, 4) is 0 Å². The van der Waals surface area contributed by atoms with Gasteiger partial charge in [0.1, 0.15) is 0 Å². The summed E-state index contributed by atoms with van der Waals surface area (Å²) in [6.07, 6.45) is 4.41. The Kier molecular flexibility index (Phi) is 6.84. The SMILES string of the molecule is N[C@@H](CCC(=O)N1CCN(C2CCOCC2)CC1)Cc1ccccc1. The molecule has 0 aliphatic carbocycles. The van der Waals surface area contributed by atoms with Gasteiger partial charge in [-0.05, 0) is 31.2 Å². The number of rotatable bonds is 6. The van der Waals surface area contributed by atoms with Gasteiger partial charge in [-0.25, -0.2) is 0 Å². The van der Waals surface area contributed by atoms with E-state index in [-0.39, 0.29) is 11.9 Å². The van der Waals surface area contributed by atoms with Crippen LogP contribution in [0.1, 0.15) is 31.2 Å². The van der Waals surface area contributed by atoms with Gasteiger partial charge in [-0.3, -0.25) is 9.69 Å². The number of benzene rings is 1. The molecule has 2 aliphatic rings. The number of hydrogen-bond acceptors (Lipinski definition) is 4. The third-order valence-electron chi connectivity index (χ3n) is 5.44. The molecule has 138 valence electrons. The Labute approximate surface area is 151 Å². The summed E-state index contributed by atoms with van der Waals surface area (Å²) in [7, 11) is 0. The first-order valence-electron chi connectivity index (χ1n) is 9.61. The van der Waals surface area contributed by atoms with Crippen molar-refractivity contribution in [2.45, 2.75) is 44.2 Å². The van der Waals surface area contributed by atoms with Crippen LogP contribution in [0.4, 0.5) is 0 Å². The average molecular weight is 345 g/mol. The molecule has 0 radical (unpaired) electrons. The van der Waals surface area contributed by atoms with E-state index in [1.54, 1.807) is 0 Å². The summed E-state index contributed by atoms with van der Waals surface area (Å²) in [5.41, 5.74) is 7.46. The van der Waals surface area contributed by atoms with Gasteiger partial charge in [-0.1, -0.05) is 30.3 Å². The first-order chi connectivity index (χ1) is 12.2. The molecule has 0 unspecified atom stereocenters. The molecular weight excluding hydrogens is 314 g/mol. The predicted molar refractivity (Wildman–Crippen MR) is 99.3 cm³/mol. The summed E-state index contributed by atoms with van der Waals surface area (Å²) < 4.78 is 5.44. The van der Waals surface area contributed by atoms with Gasteiger partial charge in [0.2, 0.25) is 5.91 Å². The van der Waals surface area contributed by atoms with Gasteiger partial charge in [0, 0.05) is 57.9 Å². The van der Waals surface area contributed by atoms with Crippen molar-refractivity contribution < 1.29 is 9.53 Å². The second kappa shape index (κ2) is 9.32. The van der Waals surface area contributed by atoms with Crippen molar-refractivity contribution in [1.29, 1.82) is 0 Å². The molecule has 1 aromatic rings. The Morgan fingerprint density at radius 3 is 2.48 bits per heavy atom. The van der Waals surface area contributed by atoms with E-state index in [4.69, 9.17) is 10.5 Å². The topological polar surface area (TPSA) is 58.8 Å². The van der Waals surface area contributed by atoms with Gasteiger partial charge in [-0.15, -0.1) is 0 Å². The molecule has 2 fully saturated rings. The maximum atomic E-state index is 12.5. The van der Waals surface area contributed by atoms with Crippen LogP contribution in [0.15, 0.2) is 30.3 Å². The summed E-state index contributed by atoms with van der Waals surface area (Å²) in [5.74, 6) is 0.259. The number of ether oxygens (including phenoxy) is 1. The fourth-order valence-corrected chi connectivity index (χ4v) is 3.87. The van der Waals surface area contributed by atoms with Gasteiger partial charge in [0.15, 0.2) is 0 Å². The van der Waals surface area contributed by atoms with E-state index < -0.39 is 0 Å². The minimum absolute atomic E-state index is 0.0508. The lowest BCUT2D eigenvalue weighted by Crippen LogP contribution is -2.53. The highest BCUT2D eigenvalue weighted by molar-refractivity contribution is 5.76. The van der Waals surface area contributed by atoms with E-state index in [0.29, 0.717) is 12.5 Å². The first kappa shape index (κ1) is 18.4. The van der Waals surface area contributed by atoms with E-state index in [0.717, 1.165) is 65.1 Å². The highest BCUT2D eigenvalue weighted by Crippen LogP contribution is 2.17. The van der Waals surface area contributed by atoms with Gasteiger partial charge >= 0.3 is 0 Å². The molecule has 2 heterocycles. The van der Waals surface area contributed by atoms with Crippen LogP contribution in [0.2, 0.25) is 0 Å². The largest absolute Gasteiger partial charge is 0.381 e. The van der Waals surface area contributed by atoms with Crippen LogP contribution >= 0.6 is 0 Å². The molecule has 5 heteroatoms. The maximum Gasteiger partial charge on any atom is 0.222 e. The average Bonchev–Trinajstić information content (AvgIpc) is 2.68. The summed E-state index contributed by atoms with van der Waals surface area (Å²) in [5, 5.41) is 0. The summed E-state index contributed by atoms with van der Waals surface area (Å²) in [4.78, 5) is 17.0. The van der Waals surface area contributed by atoms with Crippen molar-refractivity contribution >= 4 is 5.91 Å². The first-order valence-corrected chi connectivity index (χ1v) is 9.61. The van der Waals surface area contributed by atoms with E-state index in [1.807, 2.05) is 23.1 Å². The smallest absolute Gasteiger partial charge is 0.222 e. The van der Waals surface area contributed by atoms with E-state index >= 15 is 0 Å². The molecule has 1 atom stereocenters. The number of piperazine rings is 1. The third kappa shape index (κ3) is 5.53. The maximum absolute atomic E-state index is 12.5. The van der Waals surface area contributed by atoms with Gasteiger partial charge in [-0.2, -0.15) is 0 Å². The van der Waals surface area contributed by atoms with Gasteiger partial charge < -0.3 is 15.4 Å². The normalized spacial score (nSPS) is 21.2. The predicted octanol–water partition coefficient (Wildman–Crippen LogP) is 1.66. The lowest BCUT2D eigenvalue weighted by molar-refractivity contribution is -0.133. The third-order valence-corrected chi connectivity index (χ3v) is 5.44. The van der Waals surface area contributed by atoms with Crippen LogP contribution in [-0.4, -0.2) is 67.2 Å². The summed E-state index contributed by atoms with van der Waals surface area (Å²) in [6, 6.07) is 11.0. The molecule has 3 rings (SSSR count). The fraction of sp³-hybridized carbons (Fsp3) is 0.650. The van der Waals surface area contributed by atoms with E-state index in [9.17, 15) is 4.79 Å². The monoisotopic (exact) mass is 345 g/mol. The molecule has 2 N–H and O–H groups in total. The molecule has 2 saturated heterocycles. The number of hydrogen-bond donors (Lipinski definition) is 1. The number of carbonyl (C=O) groups excluding carboxylic acids is 1. The van der Waals surface area contributed by atoms with Crippen molar-refractivity contribution in [2.24, 2.45) is 5.73 Å². The Morgan fingerprint density at radius 2 is 1.80 bits per heavy atom. The standard InChI is InChI=1S/C20H31N3O2/c21-18(16-17-4-2-1-3-5-17)6-7-20(24)23-12-10-22(11-13-23)19-8-14-25-15-9-19/h1-5,18-19H,6-16,21H2/t18-/m0/s1. The molecule has 2 aliphatic heterocycles. The molecular formula is C20H31N3O2. The zero-order valence-corrected chi connectivity index (χ0v) is 15.1. The van der Waals surface area contributed by atoms with E-state index in [2.05, 4.69) is 17.0 Å². The zero-order chi connectivity index (χ0) is 17.5. The summed E-state index contributed by atoms with van der Waals surface area (Å²) >= 11 is 0. The molecule has 0 spiro atoms. The molecule has 0 saturated carbocycles. The summed E-state index contributed by atoms with van der Waals surface area (Å²) in [6.45, 7) is 5.44. The molecule has 1 aromatic carbocycles. The number of amides is 1. The van der Waals surface area contributed by atoms with E-state index in [1.165, 1.54) is 5.56 Å². The lowest BCUT2D eigenvalue weighted by atomic mass is 10.0. The Bertz CT molecular complexity index is 523. The zero-order valence-electron chi connectivity index (χ0n) is 15.1. The highest BCUT2D eigenvalue weighted by Gasteiger charge is 2.27. The van der Waals surface area contributed by atoms with Crippen molar-refractivity contribution in [2.75, 3.05) is 39.4 Å². The lowest BCUT2D eigenvalue weighted by Gasteiger charge is -2.40. The van der Waals surface area contributed by atoms with Crippen LogP contribution in [0.25, 0.3) is 0 Å². The number of nitrogens with two attached hydrogens (primary N) is 1. The number of carbonyl (C=O) groups is 1. The van der Waals surface area contributed by atoms with Crippen LogP contribution in [0.3, 0.4) is 0 Å². The quantitative estimate of drug-likeness (QED) is 0.852. The van der Waals surface area contributed by atoms with Gasteiger partial charge in [0.05, 0.1) is 0 Å². The number of nitrogens with zero attached hydrogens (tertiary/aromatic N) is 2. The van der Waals surface area contributed by atoms with Crippen molar-refractivity contribution in [3.05, 3.63) is 35.9 Å². The Hall–Kier alpha value is -1.43. The molecule has 0 aromatic heterocycles. The van der Waals surface area contributed by atoms with Crippen LogP contribution in [0.5, 0.6) is 0 Å². The molecule has 25 heavy (non-hydrogen) atoms. The second-order valence-corrected chi connectivity index (χ2v) is 7.25. The van der Waals surface area contributed by atoms with Crippen LogP contribution < -0.4 is 5.73 Å². The molecule has 5 nitrogen and oxygen atoms in total. The van der Waals surface area contributed by atoms with Crippen LogP contribution in [-0.2, 0) is 16.0 Å². The molecule has 0 bridgehead atoms. The molecule has 1 amide bonds.